The van der Waals surface area contributed by atoms with E-state index in [0.717, 1.165) is 16.6 Å². The molecule has 3 aromatic rings. The van der Waals surface area contributed by atoms with Crippen LogP contribution < -0.4 is 4.90 Å². The van der Waals surface area contributed by atoms with Gasteiger partial charge in [0.15, 0.2) is 0 Å². The molecule has 4 rings (SSSR count). The van der Waals surface area contributed by atoms with Gasteiger partial charge in [0.25, 0.3) is 0 Å². The molecule has 0 atom stereocenters. The number of phenols is 1. The number of nitrogens with one attached hydrogen (secondary N) is 1. The molecule has 0 bridgehead atoms. The van der Waals surface area contributed by atoms with Crippen molar-refractivity contribution in [3.05, 3.63) is 54.7 Å². The van der Waals surface area contributed by atoms with Crippen molar-refractivity contribution < 1.29 is 13.5 Å². The van der Waals surface area contributed by atoms with Gasteiger partial charge in [-0.1, -0.05) is 6.07 Å². The van der Waals surface area contributed by atoms with E-state index in [1.807, 2.05) is 18.2 Å². The fourth-order valence-corrected chi connectivity index (χ4v) is 4.90. The van der Waals surface area contributed by atoms with E-state index in [0.29, 0.717) is 31.1 Å². The zero-order valence-corrected chi connectivity index (χ0v) is 14.4. The van der Waals surface area contributed by atoms with Crippen LogP contribution in [0.2, 0.25) is 0 Å². The van der Waals surface area contributed by atoms with Crippen LogP contribution in [0.1, 0.15) is 0 Å². The standard InChI is InChI=1S/C18H19N3O3S/c22-15-6-4-14(5-7-15)20-10-12-21(13-11-20)25(23,24)18-3-1-2-17-16(18)8-9-19-17/h1-9,19,22H,10-13H2. The SMILES string of the molecule is O=S(=O)(c1cccc2[nH]ccc12)N1CCN(c2ccc(O)cc2)CC1. The first-order chi connectivity index (χ1) is 12.1. The topological polar surface area (TPSA) is 76.6 Å². The van der Waals surface area contributed by atoms with Crippen molar-refractivity contribution in [1.29, 1.82) is 0 Å². The van der Waals surface area contributed by atoms with Gasteiger partial charge in [-0.3, -0.25) is 0 Å². The molecule has 0 amide bonds. The van der Waals surface area contributed by atoms with E-state index in [2.05, 4.69) is 9.88 Å². The summed E-state index contributed by atoms with van der Waals surface area (Å²) < 4.78 is 27.6. The Hall–Kier alpha value is -2.51. The van der Waals surface area contributed by atoms with Crippen LogP contribution in [0.5, 0.6) is 5.75 Å². The fourth-order valence-electron chi connectivity index (χ4n) is 3.27. The van der Waals surface area contributed by atoms with Gasteiger partial charge in [0, 0.05) is 49.0 Å². The maximum Gasteiger partial charge on any atom is 0.243 e. The number of H-pyrrole nitrogens is 1. The van der Waals surface area contributed by atoms with Crippen molar-refractivity contribution in [1.82, 2.24) is 9.29 Å². The lowest BCUT2D eigenvalue weighted by Crippen LogP contribution is -2.48. The van der Waals surface area contributed by atoms with Gasteiger partial charge in [0.05, 0.1) is 4.90 Å². The second-order valence-corrected chi connectivity index (χ2v) is 8.01. The Morgan fingerprint density at radius 2 is 1.64 bits per heavy atom. The molecular formula is C18H19N3O3S. The number of hydrogen-bond acceptors (Lipinski definition) is 4. The van der Waals surface area contributed by atoms with Crippen LogP contribution in [0.25, 0.3) is 10.9 Å². The highest BCUT2D eigenvalue weighted by Crippen LogP contribution is 2.27. The van der Waals surface area contributed by atoms with Crippen LogP contribution in [0.15, 0.2) is 59.6 Å². The minimum Gasteiger partial charge on any atom is -0.508 e. The third-order valence-corrected chi connectivity index (χ3v) is 6.58. The molecule has 1 aliphatic rings. The van der Waals surface area contributed by atoms with E-state index in [1.54, 1.807) is 40.8 Å². The number of phenolic OH excluding ortho intramolecular Hbond substituents is 1. The fraction of sp³-hybridized carbons (Fsp3) is 0.222. The summed E-state index contributed by atoms with van der Waals surface area (Å²) in [5.41, 5.74) is 1.81. The van der Waals surface area contributed by atoms with Crippen molar-refractivity contribution >= 4 is 26.6 Å². The molecule has 1 fully saturated rings. The van der Waals surface area contributed by atoms with E-state index >= 15 is 0 Å². The second kappa shape index (κ2) is 6.09. The molecule has 0 spiro atoms. The average Bonchev–Trinajstić information content (AvgIpc) is 3.11. The number of anilines is 1. The Morgan fingerprint density at radius 3 is 2.36 bits per heavy atom. The third kappa shape index (κ3) is 2.85. The van der Waals surface area contributed by atoms with Crippen LogP contribution in [-0.2, 0) is 10.0 Å². The Labute approximate surface area is 146 Å². The van der Waals surface area contributed by atoms with Crippen molar-refractivity contribution in [2.75, 3.05) is 31.1 Å². The highest BCUT2D eigenvalue weighted by atomic mass is 32.2. The van der Waals surface area contributed by atoms with Gasteiger partial charge < -0.3 is 15.0 Å². The largest absolute Gasteiger partial charge is 0.508 e. The number of aromatic amines is 1. The number of fused-ring (bicyclic) bond motifs is 1. The summed E-state index contributed by atoms with van der Waals surface area (Å²) in [4.78, 5) is 5.54. The molecule has 7 heteroatoms. The number of rotatable bonds is 3. The van der Waals surface area contributed by atoms with Gasteiger partial charge in [0.1, 0.15) is 5.75 Å². The summed E-state index contributed by atoms with van der Waals surface area (Å²) >= 11 is 0. The number of nitrogens with zero attached hydrogens (tertiary/aromatic N) is 2. The molecule has 130 valence electrons. The summed E-state index contributed by atoms with van der Waals surface area (Å²) in [6, 6.07) is 14.1. The molecule has 2 N–H and O–H groups in total. The predicted octanol–water partition coefficient (Wildman–Crippen LogP) is 2.38. The number of aromatic hydroxyl groups is 1. The predicted molar refractivity (Wildman–Crippen MR) is 97.4 cm³/mol. The van der Waals surface area contributed by atoms with Crippen LogP contribution >= 0.6 is 0 Å². The monoisotopic (exact) mass is 357 g/mol. The quantitative estimate of drug-likeness (QED) is 0.755. The van der Waals surface area contributed by atoms with E-state index in [-0.39, 0.29) is 5.75 Å². The van der Waals surface area contributed by atoms with E-state index < -0.39 is 10.0 Å². The summed E-state index contributed by atoms with van der Waals surface area (Å²) in [5.74, 6) is 0.226. The van der Waals surface area contributed by atoms with Gasteiger partial charge in [-0.25, -0.2) is 8.42 Å². The number of hydrogen-bond donors (Lipinski definition) is 2. The van der Waals surface area contributed by atoms with E-state index in [1.165, 1.54) is 0 Å². The van der Waals surface area contributed by atoms with Crippen molar-refractivity contribution in [2.24, 2.45) is 0 Å². The number of aromatic nitrogens is 1. The Morgan fingerprint density at radius 1 is 0.920 bits per heavy atom. The Balaban J connectivity index is 1.55. The molecule has 1 saturated heterocycles. The lowest BCUT2D eigenvalue weighted by atomic mass is 10.2. The maximum absolute atomic E-state index is 13.0. The van der Waals surface area contributed by atoms with Crippen molar-refractivity contribution in [2.45, 2.75) is 4.90 Å². The number of piperazine rings is 1. The summed E-state index contributed by atoms with van der Waals surface area (Å²) in [6.07, 6.45) is 1.76. The first-order valence-electron chi connectivity index (χ1n) is 8.16. The van der Waals surface area contributed by atoms with E-state index in [4.69, 9.17) is 0 Å². The molecule has 25 heavy (non-hydrogen) atoms. The van der Waals surface area contributed by atoms with Gasteiger partial charge in [-0.05, 0) is 42.5 Å². The lowest BCUT2D eigenvalue weighted by Gasteiger charge is -2.35. The summed E-state index contributed by atoms with van der Waals surface area (Å²) in [6.45, 7) is 2.11. The second-order valence-electron chi connectivity index (χ2n) is 6.10. The molecule has 0 unspecified atom stereocenters. The Bertz CT molecular complexity index is 988. The summed E-state index contributed by atoms with van der Waals surface area (Å²) in [7, 11) is -3.52. The number of sulfonamides is 1. The molecule has 6 nitrogen and oxygen atoms in total. The van der Waals surface area contributed by atoms with Gasteiger partial charge in [0.2, 0.25) is 10.0 Å². The minimum atomic E-state index is -3.52. The normalized spacial score (nSPS) is 16.4. The van der Waals surface area contributed by atoms with Gasteiger partial charge in [-0.15, -0.1) is 0 Å². The highest BCUT2D eigenvalue weighted by Gasteiger charge is 2.29. The molecule has 1 aliphatic heterocycles. The molecular weight excluding hydrogens is 338 g/mol. The van der Waals surface area contributed by atoms with Gasteiger partial charge in [-0.2, -0.15) is 4.31 Å². The molecule has 0 aliphatic carbocycles. The number of benzene rings is 2. The average molecular weight is 357 g/mol. The van der Waals surface area contributed by atoms with Crippen molar-refractivity contribution in [3.8, 4) is 5.75 Å². The van der Waals surface area contributed by atoms with Crippen LogP contribution in [0.3, 0.4) is 0 Å². The van der Waals surface area contributed by atoms with E-state index in [9.17, 15) is 13.5 Å². The lowest BCUT2D eigenvalue weighted by molar-refractivity contribution is 0.385. The molecule has 2 heterocycles. The minimum absolute atomic E-state index is 0.226. The maximum atomic E-state index is 13.0. The molecule has 0 saturated carbocycles. The smallest absolute Gasteiger partial charge is 0.243 e. The summed E-state index contributed by atoms with van der Waals surface area (Å²) in [5, 5.41) is 10.1. The van der Waals surface area contributed by atoms with Crippen LogP contribution in [0, 0.1) is 0 Å². The Kier molecular flexibility index (Phi) is 3.89. The zero-order valence-electron chi connectivity index (χ0n) is 13.6. The van der Waals surface area contributed by atoms with Crippen LogP contribution in [0.4, 0.5) is 5.69 Å². The van der Waals surface area contributed by atoms with Gasteiger partial charge >= 0.3 is 0 Å². The van der Waals surface area contributed by atoms with Crippen molar-refractivity contribution in [3.63, 3.8) is 0 Å². The molecule has 2 aromatic carbocycles. The highest BCUT2D eigenvalue weighted by molar-refractivity contribution is 7.89. The molecule has 1 aromatic heterocycles. The first kappa shape index (κ1) is 16.0. The third-order valence-electron chi connectivity index (χ3n) is 4.63. The first-order valence-corrected chi connectivity index (χ1v) is 9.60. The van der Waals surface area contributed by atoms with Crippen LogP contribution in [-0.4, -0.2) is 49.0 Å². The molecule has 0 radical (unpaired) electrons. The zero-order chi connectivity index (χ0) is 17.4.